The van der Waals surface area contributed by atoms with Crippen LogP contribution >= 0.6 is 0 Å². The minimum Gasteiger partial charge on any atom is -0.308 e. The van der Waals surface area contributed by atoms with Crippen LogP contribution in [0.2, 0.25) is 0 Å². The number of anilines is 1. The summed E-state index contributed by atoms with van der Waals surface area (Å²) in [7, 11) is 0. The smallest absolute Gasteiger partial charge is 0.162 e. The number of hydrogen-bond acceptors (Lipinski definition) is 4. The Balaban J connectivity index is 2.60. The molecule has 0 aliphatic carbocycles. The minimum atomic E-state index is 0.711. The molecular weight excluding hydrogens is 224 g/mol. The Hall–Kier alpha value is -1.94. The lowest BCUT2D eigenvalue weighted by Gasteiger charge is -2.12. The zero-order valence-electron chi connectivity index (χ0n) is 11.0. The molecular formula is C14H18N4. The summed E-state index contributed by atoms with van der Waals surface area (Å²) in [4.78, 5) is 9.08. The number of nitrogens with zero attached hydrogens (tertiary/aromatic N) is 2. The van der Waals surface area contributed by atoms with Crippen molar-refractivity contribution in [3.05, 3.63) is 41.1 Å². The van der Waals surface area contributed by atoms with Crippen molar-refractivity contribution in [2.75, 3.05) is 5.43 Å². The third-order valence-electron chi connectivity index (χ3n) is 3.09. The third kappa shape index (κ3) is 2.19. The molecule has 0 aliphatic heterocycles. The lowest BCUT2D eigenvalue weighted by molar-refractivity contribution is 0.994. The maximum atomic E-state index is 5.54. The third-order valence-corrected chi connectivity index (χ3v) is 3.09. The topological polar surface area (TPSA) is 63.8 Å². The number of nitrogens with one attached hydrogen (secondary N) is 1. The largest absolute Gasteiger partial charge is 0.308 e. The Bertz CT molecular complexity index is 564. The van der Waals surface area contributed by atoms with Crippen LogP contribution in [0.5, 0.6) is 0 Å². The molecule has 2 rings (SSSR count). The molecule has 1 aromatic heterocycles. The minimum absolute atomic E-state index is 0.711. The van der Waals surface area contributed by atoms with E-state index >= 15 is 0 Å². The van der Waals surface area contributed by atoms with Crippen molar-refractivity contribution in [2.45, 2.75) is 27.2 Å². The highest BCUT2D eigenvalue weighted by molar-refractivity contribution is 5.63. The van der Waals surface area contributed by atoms with Gasteiger partial charge < -0.3 is 5.43 Å². The summed E-state index contributed by atoms with van der Waals surface area (Å²) in [6, 6.07) is 8.08. The number of aromatic nitrogens is 2. The molecule has 4 nitrogen and oxygen atoms in total. The van der Waals surface area contributed by atoms with Crippen LogP contribution < -0.4 is 11.3 Å². The number of hydrazine groups is 1. The number of rotatable bonds is 3. The first-order valence-electron chi connectivity index (χ1n) is 6.07. The van der Waals surface area contributed by atoms with E-state index in [9.17, 15) is 0 Å². The number of nitrogens with two attached hydrogens (primary N) is 1. The van der Waals surface area contributed by atoms with E-state index in [1.54, 1.807) is 0 Å². The first kappa shape index (κ1) is 12.5. The van der Waals surface area contributed by atoms with E-state index in [2.05, 4.69) is 35.3 Å². The molecule has 0 fully saturated rings. The molecule has 0 amide bonds. The Morgan fingerprint density at radius 1 is 1.17 bits per heavy atom. The molecule has 18 heavy (non-hydrogen) atoms. The molecule has 0 atom stereocenters. The molecule has 0 bridgehead atoms. The van der Waals surface area contributed by atoms with Gasteiger partial charge in [-0.05, 0) is 25.8 Å². The van der Waals surface area contributed by atoms with E-state index < -0.39 is 0 Å². The van der Waals surface area contributed by atoms with Gasteiger partial charge in [-0.2, -0.15) is 0 Å². The van der Waals surface area contributed by atoms with Gasteiger partial charge in [0.05, 0.1) is 0 Å². The molecule has 0 spiro atoms. The van der Waals surface area contributed by atoms with Gasteiger partial charge in [0.1, 0.15) is 5.82 Å². The van der Waals surface area contributed by atoms with Crippen LogP contribution in [0.1, 0.15) is 23.7 Å². The predicted octanol–water partition coefficient (Wildman–Crippen LogP) is 2.61. The summed E-state index contributed by atoms with van der Waals surface area (Å²) in [6.07, 6.45) is 0.861. The monoisotopic (exact) mass is 242 g/mol. The molecule has 1 heterocycles. The Kier molecular flexibility index (Phi) is 3.58. The summed E-state index contributed by atoms with van der Waals surface area (Å²) in [6.45, 7) is 6.11. The Morgan fingerprint density at radius 2 is 1.89 bits per heavy atom. The van der Waals surface area contributed by atoms with Crippen molar-refractivity contribution in [3.63, 3.8) is 0 Å². The van der Waals surface area contributed by atoms with Crippen molar-refractivity contribution in [2.24, 2.45) is 5.84 Å². The standard InChI is InChI=1S/C14H18N4/c1-4-11-10(3)16-13(17-14(11)18-15)12-8-6-5-7-9(12)2/h5-8H,4,15H2,1-3H3,(H,16,17,18). The zero-order chi connectivity index (χ0) is 13.1. The summed E-state index contributed by atoms with van der Waals surface area (Å²) >= 11 is 0. The number of nitrogen functional groups attached to an aromatic ring is 1. The van der Waals surface area contributed by atoms with Crippen molar-refractivity contribution in [3.8, 4) is 11.4 Å². The normalized spacial score (nSPS) is 10.4. The van der Waals surface area contributed by atoms with Gasteiger partial charge in [0.15, 0.2) is 5.82 Å². The average molecular weight is 242 g/mol. The second-order valence-electron chi connectivity index (χ2n) is 4.27. The van der Waals surface area contributed by atoms with Crippen LogP contribution in [0.15, 0.2) is 24.3 Å². The van der Waals surface area contributed by atoms with Gasteiger partial charge >= 0.3 is 0 Å². The summed E-state index contributed by atoms with van der Waals surface area (Å²) < 4.78 is 0. The molecule has 94 valence electrons. The summed E-state index contributed by atoms with van der Waals surface area (Å²) in [5, 5.41) is 0. The molecule has 0 saturated heterocycles. The predicted molar refractivity (Wildman–Crippen MR) is 74.1 cm³/mol. The Labute approximate surface area is 107 Å². The fraction of sp³-hybridized carbons (Fsp3) is 0.286. The number of benzene rings is 1. The molecule has 0 saturated carbocycles. The molecule has 0 aliphatic rings. The van der Waals surface area contributed by atoms with Crippen molar-refractivity contribution < 1.29 is 0 Å². The maximum absolute atomic E-state index is 5.54. The van der Waals surface area contributed by atoms with Gasteiger partial charge in [-0.15, -0.1) is 0 Å². The number of aryl methyl sites for hydroxylation is 2. The molecule has 0 radical (unpaired) electrons. The molecule has 2 aromatic rings. The van der Waals surface area contributed by atoms with Gasteiger partial charge in [-0.25, -0.2) is 15.8 Å². The van der Waals surface area contributed by atoms with Gasteiger partial charge in [-0.1, -0.05) is 31.2 Å². The van der Waals surface area contributed by atoms with E-state index in [4.69, 9.17) is 5.84 Å². The van der Waals surface area contributed by atoms with E-state index in [0.29, 0.717) is 5.82 Å². The Morgan fingerprint density at radius 3 is 2.50 bits per heavy atom. The molecule has 4 heteroatoms. The first-order chi connectivity index (χ1) is 8.67. The van der Waals surface area contributed by atoms with E-state index in [1.807, 2.05) is 25.1 Å². The number of hydrogen-bond donors (Lipinski definition) is 2. The zero-order valence-corrected chi connectivity index (χ0v) is 11.0. The summed E-state index contributed by atoms with van der Waals surface area (Å²) in [5.41, 5.74) is 6.90. The van der Waals surface area contributed by atoms with Crippen LogP contribution in [-0.2, 0) is 6.42 Å². The lowest BCUT2D eigenvalue weighted by Crippen LogP contribution is -2.13. The van der Waals surface area contributed by atoms with Crippen LogP contribution in [0.3, 0.4) is 0 Å². The second kappa shape index (κ2) is 5.14. The van der Waals surface area contributed by atoms with Gasteiger partial charge in [0.2, 0.25) is 0 Å². The van der Waals surface area contributed by atoms with Gasteiger partial charge in [-0.3, -0.25) is 0 Å². The van der Waals surface area contributed by atoms with Crippen molar-refractivity contribution in [1.82, 2.24) is 9.97 Å². The summed E-state index contributed by atoms with van der Waals surface area (Å²) in [5.74, 6) is 6.97. The molecule has 1 aromatic carbocycles. The van der Waals surface area contributed by atoms with Gasteiger partial charge in [0.25, 0.3) is 0 Å². The average Bonchev–Trinajstić information content (AvgIpc) is 2.38. The van der Waals surface area contributed by atoms with Crippen LogP contribution in [0.25, 0.3) is 11.4 Å². The van der Waals surface area contributed by atoms with Crippen LogP contribution in [-0.4, -0.2) is 9.97 Å². The first-order valence-corrected chi connectivity index (χ1v) is 6.07. The quantitative estimate of drug-likeness (QED) is 0.641. The van der Waals surface area contributed by atoms with E-state index in [-0.39, 0.29) is 0 Å². The highest BCUT2D eigenvalue weighted by atomic mass is 15.3. The van der Waals surface area contributed by atoms with Crippen molar-refractivity contribution >= 4 is 5.82 Å². The second-order valence-corrected chi connectivity index (χ2v) is 4.27. The van der Waals surface area contributed by atoms with Crippen LogP contribution in [0.4, 0.5) is 5.82 Å². The SMILES string of the molecule is CCc1c(C)nc(-c2ccccc2C)nc1NN. The highest BCUT2D eigenvalue weighted by Crippen LogP contribution is 2.24. The van der Waals surface area contributed by atoms with E-state index in [0.717, 1.165) is 34.6 Å². The molecule has 0 unspecified atom stereocenters. The van der Waals surface area contributed by atoms with Gasteiger partial charge in [0, 0.05) is 16.8 Å². The van der Waals surface area contributed by atoms with Crippen LogP contribution in [0, 0.1) is 13.8 Å². The fourth-order valence-electron chi connectivity index (χ4n) is 2.08. The van der Waals surface area contributed by atoms with Crippen molar-refractivity contribution in [1.29, 1.82) is 0 Å². The highest BCUT2D eigenvalue weighted by Gasteiger charge is 2.11. The van der Waals surface area contributed by atoms with E-state index in [1.165, 1.54) is 0 Å². The lowest BCUT2D eigenvalue weighted by atomic mass is 10.1. The molecule has 3 N–H and O–H groups in total. The fourth-order valence-corrected chi connectivity index (χ4v) is 2.08. The maximum Gasteiger partial charge on any atom is 0.162 e.